The van der Waals surface area contributed by atoms with Gasteiger partial charge in [0.15, 0.2) is 0 Å². The summed E-state index contributed by atoms with van der Waals surface area (Å²) >= 11 is 0. The molecule has 1 aromatic heterocycles. The molecule has 2 aliphatic rings. The van der Waals surface area contributed by atoms with Gasteiger partial charge in [-0.15, -0.1) is 0 Å². The van der Waals surface area contributed by atoms with E-state index in [0.717, 1.165) is 17.7 Å². The monoisotopic (exact) mass is 291 g/mol. The molecule has 0 spiro atoms. The first kappa shape index (κ1) is 14.6. The Kier molecular flexibility index (Phi) is 4.02. The number of nitrogens with zero attached hydrogens (tertiary/aromatic N) is 2. The van der Waals surface area contributed by atoms with Crippen molar-refractivity contribution in [2.75, 3.05) is 6.61 Å². The summed E-state index contributed by atoms with van der Waals surface area (Å²) in [6.45, 7) is 2.18. The Morgan fingerprint density at radius 2 is 2.24 bits per heavy atom. The molecule has 2 saturated carbocycles. The maximum atomic E-state index is 12.2. The van der Waals surface area contributed by atoms with Crippen LogP contribution in [0.15, 0.2) is 6.20 Å². The third-order valence-corrected chi connectivity index (χ3v) is 5.36. The second kappa shape index (κ2) is 5.79. The van der Waals surface area contributed by atoms with Crippen molar-refractivity contribution in [2.45, 2.75) is 45.1 Å². The molecule has 4 atom stereocenters. The number of fused-ring (bicyclic) bond motifs is 2. The molecule has 0 radical (unpaired) electrons. The van der Waals surface area contributed by atoms with Gasteiger partial charge in [-0.25, -0.2) is 0 Å². The fraction of sp³-hybridized carbons (Fsp3) is 0.750. The molecule has 1 amide bonds. The van der Waals surface area contributed by atoms with Crippen molar-refractivity contribution in [1.29, 1.82) is 0 Å². The molecule has 2 aliphatic carbocycles. The van der Waals surface area contributed by atoms with Crippen molar-refractivity contribution >= 4 is 5.91 Å². The standard InChI is InChI=1S/C16H25N3O2/c1-10-13(8-19(2)18-10)5-6-15(21)17-16-12-4-3-11(7-12)14(16)9-20/h8,11-12,14,16,20H,3-7,9H2,1-2H3,(H,17,21). The number of aromatic nitrogens is 2. The molecular formula is C16H25N3O2. The maximum Gasteiger partial charge on any atom is 0.220 e. The molecule has 0 aliphatic heterocycles. The highest BCUT2D eigenvalue weighted by Gasteiger charge is 2.47. The van der Waals surface area contributed by atoms with Crippen molar-refractivity contribution in [3.8, 4) is 0 Å². The first-order chi connectivity index (χ1) is 10.1. The number of hydrogen-bond acceptors (Lipinski definition) is 3. The van der Waals surface area contributed by atoms with Gasteiger partial charge in [-0.2, -0.15) is 5.10 Å². The summed E-state index contributed by atoms with van der Waals surface area (Å²) in [7, 11) is 1.90. The Bertz CT molecular complexity index is 526. The van der Waals surface area contributed by atoms with Gasteiger partial charge < -0.3 is 10.4 Å². The van der Waals surface area contributed by atoms with Crippen LogP contribution in [0, 0.1) is 24.7 Å². The number of rotatable bonds is 5. The first-order valence-electron chi connectivity index (χ1n) is 7.98. The first-order valence-corrected chi connectivity index (χ1v) is 7.98. The van der Waals surface area contributed by atoms with Crippen molar-refractivity contribution in [2.24, 2.45) is 24.8 Å². The summed E-state index contributed by atoms with van der Waals surface area (Å²) in [6.07, 6.45) is 6.81. The summed E-state index contributed by atoms with van der Waals surface area (Å²) in [6, 6.07) is 0.191. The second-order valence-corrected chi connectivity index (χ2v) is 6.69. The van der Waals surface area contributed by atoms with E-state index in [4.69, 9.17) is 0 Å². The van der Waals surface area contributed by atoms with Crippen LogP contribution in [0.2, 0.25) is 0 Å². The summed E-state index contributed by atoms with van der Waals surface area (Å²) in [5.41, 5.74) is 2.14. The Morgan fingerprint density at radius 3 is 2.90 bits per heavy atom. The number of amides is 1. The van der Waals surface area contributed by atoms with Crippen LogP contribution >= 0.6 is 0 Å². The average molecular weight is 291 g/mol. The summed E-state index contributed by atoms with van der Waals surface area (Å²) in [5, 5.41) is 17.0. The Hall–Kier alpha value is -1.36. The number of carbonyl (C=O) groups is 1. The van der Waals surface area contributed by atoms with E-state index in [2.05, 4.69) is 10.4 Å². The van der Waals surface area contributed by atoms with Gasteiger partial charge in [0, 0.05) is 38.2 Å². The zero-order valence-corrected chi connectivity index (χ0v) is 12.9. The van der Waals surface area contributed by atoms with E-state index >= 15 is 0 Å². The number of aryl methyl sites for hydroxylation is 3. The van der Waals surface area contributed by atoms with Gasteiger partial charge in [0.05, 0.1) is 5.69 Å². The molecule has 2 fully saturated rings. The number of carbonyl (C=O) groups excluding carboxylic acids is 1. The van der Waals surface area contributed by atoms with E-state index in [1.54, 1.807) is 4.68 Å². The number of nitrogens with one attached hydrogen (secondary N) is 1. The van der Waals surface area contributed by atoms with Crippen LogP contribution in [0.1, 0.15) is 36.9 Å². The van der Waals surface area contributed by atoms with Crippen LogP contribution in [0.3, 0.4) is 0 Å². The minimum absolute atomic E-state index is 0.106. The maximum absolute atomic E-state index is 12.2. The third-order valence-electron chi connectivity index (χ3n) is 5.36. The van der Waals surface area contributed by atoms with E-state index < -0.39 is 0 Å². The zero-order valence-electron chi connectivity index (χ0n) is 12.9. The summed E-state index contributed by atoms with van der Waals surface area (Å²) in [5.74, 6) is 1.57. The fourth-order valence-corrected chi connectivity index (χ4v) is 4.30. The lowest BCUT2D eigenvalue weighted by atomic mass is 9.85. The fourth-order valence-electron chi connectivity index (χ4n) is 4.30. The molecule has 5 heteroatoms. The van der Waals surface area contributed by atoms with Crippen molar-refractivity contribution in [1.82, 2.24) is 15.1 Å². The van der Waals surface area contributed by atoms with Gasteiger partial charge in [0.25, 0.3) is 0 Å². The van der Waals surface area contributed by atoms with Crippen molar-refractivity contribution in [3.63, 3.8) is 0 Å². The van der Waals surface area contributed by atoms with Crippen LogP contribution in [0.5, 0.6) is 0 Å². The molecule has 2 bridgehead atoms. The molecule has 1 heterocycles. The van der Waals surface area contributed by atoms with Crippen molar-refractivity contribution < 1.29 is 9.90 Å². The van der Waals surface area contributed by atoms with Gasteiger partial charge in [-0.3, -0.25) is 9.48 Å². The van der Waals surface area contributed by atoms with E-state index in [-0.39, 0.29) is 24.5 Å². The highest BCUT2D eigenvalue weighted by atomic mass is 16.3. The lowest BCUT2D eigenvalue weighted by Gasteiger charge is -2.30. The van der Waals surface area contributed by atoms with Gasteiger partial charge in [-0.1, -0.05) is 0 Å². The molecule has 4 unspecified atom stereocenters. The second-order valence-electron chi connectivity index (χ2n) is 6.69. The molecular weight excluding hydrogens is 266 g/mol. The number of hydrogen-bond donors (Lipinski definition) is 2. The lowest BCUT2D eigenvalue weighted by molar-refractivity contribution is -0.122. The molecule has 0 saturated heterocycles. The molecule has 2 N–H and O–H groups in total. The highest BCUT2D eigenvalue weighted by molar-refractivity contribution is 5.76. The van der Waals surface area contributed by atoms with Gasteiger partial charge in [-0.05, 0) is 50.0 Å². The zero-order chi connectivity index (χ0) is 15.0. The Balaban J connectivity index is 1.53. The normalized spacial score (nSPS) is 30.8. The molecule has 1 aromatic rings. The Morgan fingerprint density at radius 1 is 1.48 bits per heavy atom. The number of aliphatic hydroxyl groups is 1. The van der Waals surface area contributed by atoms with E-state index in [1.165, 1.54) is 19.3 Å². The van der Waals surface area contributed by atoms with E-state index in [9.17, 15) is 9.90 Å². The minimum Gasteiger partial charge on any atom is -0.396 e. The molecule has 3 rings (SSSR count). The van der Waals surface area contributed by atoms with Crippen molar-refractivity contribution in [3.05, 3.63) is 17.5 Å². The quantitative estimate of drug-likeness (QED) is 0.856. The van der Waals surface area contributed by atoms with Crippen LogP contribution < -0.4 is 5.32 Å². The Labute approximate surface area is 125 Å². The largest absolute Gasteiger partial charge is 0.396 e. The van der Waals surface area contributed by atoms with Gasteiger partial charge >= 0.3 is 0 Å². The van der Waals surface area contributed by atoms with E-state index in [0.29, 0.717) is 18.3 Å². The SMILES string of the molecule is Cc1nn(C)cc1CCC(=O)NC1C2CCC(C2)C1CO. The van der Waals surface area contributed by atoms with Gasteiger partial charge in [0.1, 0.15) is 0 Å². The van der Waals surface area contributed by atoms with E-state index in [1.807, 2.05) is 20.2 Å². The van der Waals surface area contributed by atoms with Crippen LogP contribution in [-0.4, -0.2) is 33.4 Å². The third kappa shape index (κ3) is 2.84. The van der Waals surface area contributed by atoms with Crippen LogP contribution in [0.25, 0.3) is 0 Å². The summed E-state index contributed by atoms with van der Waals surface area (Å²) in [4.78, 5) is 12.2. The molecule has 21 heavy (non-hydrogen) atoms. The topological polar surface area (TPSA) is 67.2 Å². The lowest BCUT2D eigenvalue weighted by Crippen LogP contribution is -2.45. The van der Waals surface area contributed by atoms with Gasteiger partial charge in [0.2, 0.25) is 5.91 Å². The predicted molar refractivity (Wildman–Crippen MR) is 79.6 cm³/mol. The minimum atomic E-state index is 0.106. The molecule has 116 valence electrons. The number of aliphatic hydroxyl groups excluding tert-OH is 1. The highest BCUT2D eigenvalue weighted by Crippen LogP contribution is 2.48. The molecule has 5 nitrogen and oxygen atoms in total. The van der Waals surface area contributed by atoms with Crippen LogP contribution in [-0.2, 0) is 18.3 Å². The van der Waals surface area contributed by atoms with Crippen LogP contribution in [0.4, 0.5) is 0 Å². The molecule has 0 aromatic carbocycles. The predicted octanol–water partition coefficient (Wildman–Crippen LogP) is 1.18. The smallest absolute Gasteiger partial charge is 0.220 e. The summed E-state index contributed by atoms with van der Waals surface area (Å²) < 4.78 is 1.79. The average Bonchev–Trinajstić information content (AvgIpc) is 3.11.